The second-order valence-corrected chi connectivity index (χ2v) is 4.87. The summed E-state index contributed by atoms with van der Waals surface area (Å²) in [6.45, 7) is 4.44. The third kappa shape index (κ3) is 2.71. The van der Waals surface area contributed by atoms with E-state index < -0.39 is 0 Å². The van der Waals surface area contributed by atoms with Crippen LogP contribution < -0.4 is 5.32 Å². The summed E-state index contributed by atoms with van der Waals surface area (Å²) in [5, 5.41) is 6.42. The number of carbonyl (C=O) groups is 1. The Morgan fingerprint density at radius 3 is 2.95 bits per heavy atom. The Kier molecular flexibility index (Phi) is 3.39. The fraction of sp³-hybridized carbons (Fsp3) is 0.667. The maximum atomic E-state index is 12.0. The molecule has 1 aromatic heterocycles. The Bertz CT molecular complexity index is 456. The fourth-order valence-electron chi connectivity index (χ4n) is 2.45. The Labute approximate surface area is 110 Å². The predicted molar refractivity (Wildman–Crippen MR) is 65.6 cm³/mol. The van der Waals surface area contributed by atoms with Gasteiger partial charge in [-0.3, -0.25) is 5.32 Å². The van der Waals surface area contributed by atoms with Crippen LogP contribution in [0.15, 0.2) is 10.6 Å². The van der Waals surface area contributed by atoms with Gasteiger partial charge in [0.1, 0.15) is 0 Å². The van der Waals surface area contributed by atoms with E-state index in [4.69, 9.17) is 14.0 Å². The fourth-order valence-corrected chi connectivity index (χ4v) is 2.45. The summed E-state index contributed by atoms with van der Waals surface area (Å²) in [5.41, 5.74) is 0.738. The molecule has 0 spiro atoms. The highest BCUT2D eigenvalue weighted by molar-refractivity contribution is 5.88. The molecule has 3 heterocycles. The number of carbonyl (C=O) groups excluding carboxylic acids is 1. The molecule has 2 aliphatic heterocycles. The Morgan fingerprint density at radius 1 is 1.47 bits per heavy atom. The lowest BCUT2D eigenvalue weighted by Crippen LogP contribution is -2.34. The van der Waals surface area contributed by atoms with Gasteiger partial charge in [0.25, 0.3) is 0 Å². The number of nitrogens with zero attached hydrogens (tertiary/aromatic N) is 2. The van der Waals surface area contributed by atoms with Gasteiger partial charge < -0.3 is 18.9 Å². The monoisotopic (exact) mass is 267 g/mol. The standard InChI is InChI=1S/C12H17N3O4/c1-8-6-10(19-14-8)13-12(16)15-3-2-9(7-15)11-17-4-5-18-11/h6,9,11H,2-5,7H2,1H3,(H,13,16). The molecule has 0 saturated carbocycles. The van der Waals surface area contributed by atoms with E-state index in [1.807, 2.05) is 0 Å². The maximum Gasteiger partial charge on any atom is 0.324 e. The predicted octanol–water partition coefficient (Wildman–Crippen LogP) is 1.21. The lowest BCUT2D eigenvalue weighted by Gasteiger charge is -2.18. The number of hydrogen-bond acceptors (Lipinski definition) is 5. The highest BCUT2D eigenvalue weighted by atomic mass is 16.7. The van der Waals surface area contributed by atoms with Crippen molar-refractivity contribution in [2.24, 2.45) is 5.92 Å². The van der Waals surface area contributed by atoms with Gasteiger partial charge in [0.15, 0.2) is 6.29 Å². The van der Waals surface area contributed by atoms with Crippen LogP contribution in [0.4, 0.5) is 10.7 Å². The van der Waals surface area contributed by atoms with Crippen LogP contribution in [0.1, 0.15) is 12.1 Å². The number of aromatic nitrogens is 1. The topological polar surface area (TPSA) is 76.8 Å². The molecule has 19 heavy (non-hydrogen) atoms. The number of hydrogen-bond donors (Lipinski definition) is 1. The molecule has 0 aromatic carbocycles. The van der Waals surface area contributed by atoms with E-state index in [9.17, 15) is 4.79 Å². The SMILES string of the molecule is Cc1cc(NC(=O)N2CCC(C3OCCO3)C2)on1. The molecule has 7 heteroatoms. The number of urea groups is 1. The summed E-state index contributed by atoms with van der Waals surface area (Å²) in [4.78, 5) is 13.8. The zero-order valence-electron chi connectivity index (χ0n) is 10.8. The third-order valence-corrected chi connectivity index (χ3v) is 3.40. The zero-order valence-corrected chi connectivity index (χ0v) is 10.8. The largest absolute Gasteiger partial charge is 0.350 e. The number of aryl methyl sites for hydroxylation is 1. The van der Waals surface area contributed by atoms with E-state index in [1.54, 1.807) is 17.9 Å². The van der Waals surface area contributed by atoms with Crippen molar-refractivity contribution in [2.75, 3.05) is 31.6 Å². The van der Waals surface area contributed by atoms with Crippen LogP contribution in [0.2, 0.25) is 0 Å². The van der Waals surface area contributed by atoms with Crippen LogP contribution in [-0.2, 0) is 9.47 Å². The van der Waals surface area contributed by atoms with Crippen molar-refractivity contribution in [1.29, 1.82) is 0 Å². The minimum absolute atomic E-state index is 0.162. The first kappa shape index (κ1) is 12.4. The summed E-state index contributed by atoms with van der Waals surface area (Å²) in [6, 6.07) is 1.52. The molecule has 0 aliphatic carbocycles. The van der Waals surface area contributed by atoms with Gasteiger partial charge in [-0.1, -0.05) is 5.16 Å². The second-order valence-electron chi connectivity index (χ2n) is 4.87. The third-order valence-electron chi connectivity index (χ3n) is 3.40. The number of rotatable bonds is 2. The second kappa shape index (κ2) is 5.18. The van der Waals surface area contributed by atoms with Gasteiger partial charge in [-0.15, -0.1) is 0 Å². The molecule has 2 saturated heterocycles. The Balaban J connectivity index is 1.53. The lowest BCUT2D eigenvalue weighted by molar-refractivity contribution is -0.0791. The molecule has 1 aromatic rings. The molecule has 7 nitrogen and oxygen atoms in total. The van der Waals surface area contributed by atoms with Crippen LogP contribution in [-0.4, -0.2) is 48.7 Å². The first-order chi connectivity index (χ1) is 9.22. The van der Waals surface area contributed by atoms with Gasteiger partial charge >= 0.3 is 6.03 Å². The molecular formula is C12H17N3O4. The first-order valence-corrected chi connectivity index (χ1v) is 6.45. The van der Waals surface area contributed by atoms with Crippen molar-refractivity contribution in [2.45, 2.75) is 19.6 Å². The molecular weight excluding hydrogens is 250 g/mol. The molecule has 1 N–H and O–H groups in total. The summed E-state index contributed by atoms with van der Waals surface area (Å²) in [7, 11) is 0. The Morgan fingerprint density at radius 2 is 2.26 bits per heavy atom. The van der Waals surface area contributed by atoms with E-state index in [0.717, 1.165) is 12.1 Å². The van der Waals surface area contributed by atoms with Crippen molar-refractivity contribution in [1.82, 2.24) is 10.1 Å². The molecule has 2 amide bonds. The van der Waals surface area contributed by atoms with Crippen molar-refractivity contribution in [3.05, 3.63) is 11.8 Å². The van der Waals surface area contributed by atoms with Crippen LogP contribution in [0.25, 0.3) is 0 Å². The molecule has 104 valence electrons. The highest BCUT2D eigenvalue weighted by Gasteiger charge is 2.35. The van der Waals surface area contributed by atoms with Gasteiger partial charge in [-0.25, -0.2) is 4.79 Å². The number of ether oxygens (including phenoxy) is 2. The number of anilines is 1. The summed E-state index contributed by atoms with van der Waals surface area (Å²) in [5.74, 6) is 0.629. The van der Waals surface area contributed by atoms with Crippen LogP contribution in [0.3, 0.4) is 0 Å². The lowest BCUT2D eigenvalue weighted by atomic mass is 10.1. The van der Waals surface area contributed by atoms with Crippen molar-refractivity contribution < 1.29 is 18.8 Å². The van der Waals surface area contributed by atoms with Crippen LogP contribution in [0.5, 0.6) is 0 Å². The maximum absolute atomic E-state index is 12.0. The quantitative estimate of drug-likeness (QED) is 0.871. The highest BCUT2D eigenvalue weighted by Crippen LogP contribution is 2.25. The van der Waals surface area contributed by atoms with E-state index in [2.05, 4.69) is 10.5 Å². The number of amides is 2. The van der Waals surface area contributed by atoms with E-state index >= 15 is 0 Å². The smallest absolute Gasteiger partial charge is 0.324 e. The van der Waals surface area contributed by atoms with E-state index in [0.29, 0.717) is 32.2 Å². The number of likely N-dealkylation sites (tertiary alicyclic amines) is 1. The molecule has 2 aliphatic rings. The average Bonchev–Trinajstić information content (AvgIpc) is 3.08. The van der Waals surface area contributed by atoms with Gasteiger partial charge in [0.2, 0.25) is 5.88 Å². The normalized spacial score (nSPS) is 24.1. The minimum Gasteiger partial charge on any atom is -0.350 e. The molecule has 0 bridgehead atoms. The van der Waals surface area contributed by atoms with Crippen molar-refractivity contribution in [3.8, 4) is 0 Å². The first-order valence-electron chi connectivity index (χ1n) is 6.45. The van der Waals surface area contributed by atoms with Crippen molar-refractivity contribution in [3.63, 3.8) is 0 Å². The minimum atomic E-state index is -0.170. The molecule has 1 atom stereocenters. The molecule has 2 fully saturated rings. The van der Waals surface area contributed by atoms with Gasteiger partial charge in [-0.05, 0) is 13.3 Å². The van der Waals surface area contributed by atoms with E-state index in [1.165, 1.54) is 0 Å². The average molecular weight is 267 g/mol. The molecule has 1 unspecified atom stereocenters. The van der Waals surface area contributed by atoms with Crippen LogP contribution in [0, 0.1) is 12.8 Å². The van der Waals surface area contributed by atoms with E-state index in [-0.39, 0.29) is 18.2 Å². The van der Waals surface area contributed by atoms with Crippen molar-refractivity contribution >= 4 is 11.9 Å². The van der Waals surface area contributed by atoms with Gasteiger partial charge in [-0.2, -0.15) is 0 Å². The Hall–Kier alpha value is -1.60. The summed E-state index contributed by atoms with van der Waals surface area (Å²) >= 11 is 0. The van der Waals surface area contributed by atoms with Crippen LogP contribution >= 0.6 is 0 Å². The summed E-state index contributed by atoms with van der Waals surface area (Å²) in [6.07, 6.45) is 0.735. The van der Waals surface area contributed by atoms with Gasteiger partial charge in [0, 0.05) is 25.1 Å². The number of nitrogens with one attached hydrogen (secondary N) is 1. The molecule has 0 radical (unpaired) electrons. The summed E-state index contributed by atoms with van der Waals surface area (Å²) < 4.78 is 15.9. The van der Waals surface area contributed by atoms with Gasteiger partial charge in [0.05, 0.1) is 18.9 Å². The zero-order chi connectivity index (χ0) is 13.2. The molecule has 3 rings (SSSR count).